The second-order valence-electron chi connectivity index (χ2n) is 6.09. The van der Waals surface area contributed by atoms with Crippen LogP contribution in [-0.2, 0) is 9.47 Å². The quantitative estimate of drug-likeness (QED) is 0.757. The summed E-state index contributed by atoms with van der Waals surface area (Å²) in [6, 6.07) is 0. The van der Waals surface area contributed by atoms with Gasteiger partial charge in [-0.3, -0.25) is 0 Å². The van der Waals surface area contributed by atoms with Gasteiger partial charge in [0.1, 0.15) is 0 Å². The van der Waals surface area contributed by atoms with E-state index in [9.17, 15) is 10.2 Å². The molecular weight excluding hydrogens is 256 g/mol. The Labute approximate surface area is 121 Å². The van der Waals surface area contributed by atoms with Crippen LogP contribution in [0.5, 0.6) is 0 Å². The van der Waals surface area contributed by atoms with Crippen LogP contribution in [0.15, 0.2) is 23.8 Å². The van der Waals surface area contributed by atoms with Gasteiger partial charge in [-0.2, -0.15) is 0 Å². The van der Waals surface area contributed by atoms with Crippen molar-refractivity contribution in [1.82, 2.24) is 0 Å². The molecule has 1 fully saturated rings. The zero-order valence-electron chi connectivity index (χ0n) is 12.4. The van der Waals surface area contributed by atoms with Gasteiger partial charge in [0, 0.05) is 18.9 Å². The number of aliphatic hydroxyl groups excluding tert-OH is 2. The fourth-order valence-corrected chi connectivity index (χ4v) is 3.29. The van der Waals surface area contributed by atoms with Crippen LogP contribution >= 0.6 is 0 Å². The summed E-state index contributed by atoms with van der Waals surface area (Å²) >= 11 is 0. The van der Waals surface area contributed by atoms with Gasteiger partial charge in [-0.25, -0.2) is 0 Å². The molecule has 1 heterocycles. The van der Waals surface area contributed by atoms with Crippen LogP contribution < -0.4 is 0 Å². The first-order chi connectivity index (χ1) is 9.52. The summed E-state index contributed by atoms with van der Waals surface area (Å²) in [6.45, 7) is 7.16. The van der Waals surface area contributed by atoms with E-state index in [1.807, 2.05) is 13.0 Å². The summed E-state index contributed by atoms with van der Waals surface area (Å²) in [5.74, 6) is 0.195. The summed E-state index contributed by atoms with van der Waals surface area (Å²) in [6.07, 6.45) is 2.86. The lowest BCUT2D eigenvalue weighted by Gasteiger charge is -2.29. The van der Waals surface area contributed by atoms with Crippen LogP contribution in [0.2, 0.25) is 0 Å². The first-order valence-electron chi connectivity index (χ1n) is 7.34. The van der Waals surface area contributed by atoms with E-state index in [0.29, 0.717) is 26.1 Å². The number of allylic oxidation sites excluding steroid dienone is 1. The minimum absolute atomic E-state index is 0.00644. The lowest BCUT2D eigenvalue weighted by Crippen LogP contribution is -2.35. The van der Waals surface area contributed by atoms with E-state index >= 15 is 0 Å². The van der Waals surface area contributed by atoms with Crippen molar-refractivity contribution in [1.29, 1.82) is 0 Å². The lowest BCUT2D eigenvalue weighted by atomic mass is 9.81. The van der Waals surface area contributed by atoms with E-state index in [1.54, 1.807) is 7.11 Å². The first-order valence-corrected chi connectivity index (χ1v) is 7.34. The van der Waals surface area contributed by atoms with Crippen molar-refractivity contribution in [3.05, 3.63) is 23.8 Å². The Morgan fingerprint density at radius 3 is 2.90 bits per heavy atom. The molecule has 1 saturated heterocycles. The normalized spacial score (nSPS) is 39.3. The number of hydrogen-bond donors (Lipinski definition) is 2. The van der Waals surface area contributed by atoms with Crippen LogP contribution in [0, 0.1) is 11.8 Å². The molecule has 114 valence electrons. The standard InChI is InChI=1S/C16H26O4/c1-10-4-5-13(17)11(2)7-15-16(14(18)6-10)12(8-19-3)9-20-15/h6,12-18H,2,4-5,7-9H2,1,3H3. The molecule has 20 heavy (non-hydrogen) atoms. The van der Waals surface area contributed by atoms with Crippen molar-refractivity contribution in [3.8, 4) is 0 Å². The van der Waals surface area contributed by atoms with Crippen molar-refractivity contribution < 1.29 is 19.7 Å². The summed E-state index contributed by atoms with van der Waals surface area (Å²) in [5, 5.41) is 20.6. The first kappa shape index (κ1) is 15.7. The van der Waals surface area contributed by atoms with Gasteiger partial charge in [-0.1, -0.05) is 18.2 Å². The van der Waals surface area contributed by atoms with E-state index < -0.39 is 12.2 Å². The molecule has 0 radical (unpaired) electrons. The molecule has 4 heteroatoms. The Morgan fingerprint density at radius 2 is 2.20 bits per heavy atom. The fraction of sp³-hybridized carbons (Fsp3) is 0.750. The van der Waals surface area contributed by atoms with Gasteiger partial charge < -0.3 is 19.7 Å². The van der Waals surface area contributed by atoms with Crippen LogP contribution in [0.25, 0.3) is 0 Å². The van der Waals surface area contributed by atoms with Crippen molar-refractivity contribution in [3.63, 3.8) is 0 Å². The number of hydrogen-bond acceptors (Lipinski definition) is 4. The van der Waals surface area contributed by atoms with Crippen LogP contribution in [0.1, 0.15) is 26.2 Å². The van der Waals surface area contributed by atoms with Gasteiger partial charge in [0.05, 0.1) is 31.5 Å². The van der Waals surface area contributed by atoms with Crippen LogP contribution in [0.4, 0.5) is 0 Å². The summed E-state index contributed by atoms with van der Waals surface area (Å²) < 4.78 is 11.1. The highest BCUT2D eigenvalue weighted by Crippen LogP contribution is 2.36. The Hall–Kier alpha value is -0.680. The van der Waals surface area contributed by atoms with E-state index in [4.69, 9.17) is 9.47 Å². The Kier molecular flexibility index (Phi) is 5.38. The Balaban J connectivity index is 2.23. The second-order valence-corrected chi connectivity index (χ2v) is 6.09. The van der Waals surface area contributed by atoms with Crippen molar-refractivity contribution >= 4 is 0 Å². The van der Waals surface area contributed by atoms with Gasteiger partial charge in [-0.05, 0) is 31.8 Å². The number of ether oxygens (including phenoxy) is 2. The van der Waals surface area contributed by atoms with Gasteiger partial charge in [0.2, 0.25) is 0 Å². The second kappa shape index (κ2) is 6.85. The van der Waals surface area contributed by atoms with E-state index in [2.05, 4.69) is 6.58 Å². The third kappa shape index (κ3) is 3.50. The average Bonchev–Trinajstić information content (AvgIpc) is 2.78. The van der Waals surface area contributed by atoms with E-state index in [1.165, 1.54) is 0 Å². The predicted octanol–water partition coefficient (Wildman–Crippen LogP) is 1.67. The van der Waals surface area contributed by atoms with E-state index in [-0.39, 0.29) is 17.9 Å². The highest BCUT2D eigenvalue weighted by Gasteiger charge is 2.41. The molecule has 0 spiro atoms. The molecule has 0 aromatic rings. The molecule has 5 unspecified atom stereocenters. The highest BCUT2D eigenvalue weighted by molar-refractivity contribution is 5.13. The van der Waals surface area contributed by atoms with Crippen LogP contribution in [0.3, 0.4) is 0 Å². The van der Waals surface area contributed by atoms with Gasteiger partial charge >= 0.3 is 0 Å². The fourth-order valence-electron chi connectivity index (χ4n) is 3.29. The number of rotatable bonds is 2. The molecule has 1 aliphatic carbocycles. The highest BCUT2D eigenvalue weighted by atomic mass is 16.5. The average molecular weight is 282 g/mol. The lowest BCUT2D eigenvalue weighted by molar-refractivity contribution is 0.0400. The molecule has 2 N–H and O–H groups in total. The molecule has 5 atom stereocenters. The smallest absolute Gasteiger partial charge is 0.0780 e. The molecule has 4 nitrogen and oxygen atoms in total. The maximum absolute atomic E-state index is 10.5. The summed E-state index contributed by atoms with van der Waals surface area (Å²) in [5.41, 5.74) is 1.91. The van der Waals surface area contributed by atoms with Gasteiger partial charge in [0.15, 0.2) is 0 Å². The molecule has 1 aliphatic heterocycles. The molecule has 2 rings (SSSR count). The minimum Gasteiger partial charge on any atom is -0.389 e. The van der Waals surface area contributed by atoms with Crippen molar-refractivity contribution in [2.24, 2.45) is 11.8 Å². The molecule has 0 saturated carbocycles. The molecule has 0 aromatic carbocycles. The third-order valence-corrected chi connectivity index (χ3v) is 4.48. The Bertz CT molecular complexity index is 377. The van der Waals surface area contributed by atoms with Crippen LogP contribution in [-0.4, -0.2) is 48.8 Å². The largest absolute Gasteiger partial charge is 0.389 e. The third-order valence-electron chi connectivity index (χ3n) is 4.48. The zero-order chi connectivity index (χ0) is 14.7. The van der Waals surface area contributed by atoms with Crippen molar-refractivity contribution in [2.45, 2.75) is 44.5 Å². The Morgan fingerprint density at radius 1 is 1.45 bits per heavy atom. The predicted molar refractivity (Wildman–Crippen MR) is 77.4 cm³/mol. The molecule has 0 amide bonds. The minimum atomic E-state index is -0.523. The maximum Gasteiger partial charge on any atom is 0.0780 e. The molecule has 0 aromatic heterocycles. The van der Waals surface area contributed by atoms with Gasteiger partial charge in [-0.15, -0.1) is 0 Å². The SMILES string of the molecule is C=C1CC2OCC(COC)C2C(O)C=C(C)CCC1O. The summed E-state index contributed by atoms with van der Waals surface area (Å²) in [7, 11) is 1.67. The number of aliphatic hydroxyl groups is 2. The maximum atomic E-state index is 10.5. The van der Waals surface area contributed by atoms with Crippen molar-refractivity contribution in [2.75, 3.05) is 20.3 Å². The zero-order valence-corrected chi connectivity index (χ0v) is 12.4. The number of methoxy groups -OCH3 is 1. The van der Waals surface area contributed by atoms with Gasteiger partial charge in [0.25, 0.3) is 0 Å². The molecule has 2 aliphatic rings. The summed E-state index contributed by atoms with van der Waals surface area (Å²) in [4.78, 5) is 0. The molecule has 0 bridgehead atoms. The monoisotopic (exact) mass is 282 g/mol. The number of fused-ring (bicyclic) bond motifs is 1. The topological polar surface area (TPSA) is 58.9 Å². The molecular formula is C16H26O4. The van der Waals surface area contributed by atoms with E-state index in [0.717, 1.165) is 17.6 Å².